The summed E-state index contributed by atoms with van der Waals surface area (Å²) in [7, 11) is 0. The Labute approximate surface area is 180 Å². The zero-order valence-electron chi connectivity index (χ0n) is 16.9. The van der Waals surface area contributed by atoms with Gasteiger partial charge in [0.05, 0.1) is 24.4 Å². The highest BCUT2D eigenvalue weighted by atomic mass is 16.5. The van der Waals surface area contributed by atoms with Crippen LogP contribution in [0.25, 0.3) is 0 Å². The molecule has 3 aliphatic heterocycles. The van der Waals surface area contributed by atoms with Crippen molar-refractivity contribution >= 4 is 11.7 Å². The highest BCUT2D eigenvalue weighted by molar-refractivity contribution is 6.00. The number of nitrogens with zero attached hydrogens (tertiary/aromatic N) is 1. The Morgan fingerprint density at radius 3 is 2.19 bits per heavy atom. The summed E-state index contributed by atoms with van der Waals surface area (Å²) in [6.45, 7) is 0.976. The maximum Gasteiger partial charge on any atom is 0.235 e. The second kappa shape index (κ2) is 6.71. The minimum absolute atomic E-state index is 0.0231. The van der Waals surface area contributed by atoms with Crippen LogP contribution in [0.15, 0.2) is 72.8 Å². The third-order valence-corrected chi connectivity index (χ3v) is 6.55. The van der Waals surface area contributed by atoms with Crippen molar-refractivity contribution in [3.8, 4) is 17.2 Å². The summed E-state index contributed by atoms with van der Waals surface area (Å²) in [4.78, 5) is 28.4. The van der Waals surface area contributed by atoms with Crippen LogP contribution in [-0.4, -0.2) is 35.3 Å². The highest BCUT2D eigenvalue weighted by Gasteiger charge is 2.48. The number of amides is 1. The number of fused-ring (bicyclic) bond motifs is 3. The number of benzene rings is 3. The Balaban J connectivity index is 1.33. The van der Waals surface area contributed by atoms with Crippen molar-refractivity contribution in [3.05, 3.63) is 89.5 Å². The summed E-state index contributed by atoms with van der Waals surface area (Å²) >= 11 is 0. The molecule has 3 aromatic rings. The largest absolute Gasteiger partial charge is 0.484 e. The number of ether oxygens (including phenoxy) is 2. The quantitative estimate of drug-likeness (QED) is 0.589. The van der Waals surface area contributed by atoms with Crippen molar-refractivity contribution in [1.29, 1.82) is 0 Å². The minimum Gasteiger partial charge on any atom is -0.484 e. The number of hydrogen-bond donors (Lipinski definition) is 0. The molecule has 1 spiro atoms. The summed E-state index contributed by atoms with van der Waals surface area (Å²) in [5.41, 5.74) is 1.73. The minimum atomic E-state index is -0.648. The third kappa shape index (κ3) is 2.84. The molecule has 31 heavy (non-hydrogen) atoms. The van der Waals surface area contributed by atoms with Gasteiger partial charge < -0.3 is 14.4 Å². The lowest BCUT2D eigenvalue weighted by molar-refractivity contribution is -0.131. The van der Waals surface area contributed by atoms with Gasteiger partial charge in [0.15, 0.2) is 5.78 Å². The molecule has 5 nitrogen and oxygen atoms in total. The topological polar surface area (TPSA) is 55.8 Å². The number of ketones is 1. The highest BCUT2D eigenvalue weighted by Crippen LogP contribution is 2.46. The van der Waals surface area contributed by atoms with Crippen LogP contribution in [0.1, 0.15) is 40.2 Å². The Morgan fingerprint density at radius 2 is 1.48 bits per heavy atom. The van der Waals surface area contributed by atoms with Crippen LogP contribution >= 0.6 is 0 Å². The first-order valence-corrected chi connectivity index (χ1v) is 10.6. The van der Waals surface area contributed by atoms with E-state index in [-0.39, 0.29) is 11.7 Å². The van der Waals surface area contributed by atoms with Crippen molar-refractivity contribution < 1.29 is 19.1 Å². The molecule has 1 unspecified atom stereocenters. The van der Waals surface area contributed by atoms with Gasteiger partial charge in [0.25, 0.3) is 0 Å². The molecule has 1 saturated heterocycles. The van der Waals surface area contributed by atoms with Crippen LogP contribution in [0.5, 0.6) is 17.2 Å². The first-order valence-electron chi connectivity index (χ1n) is 10.6. The number of hydrogen-bond acceptors (Lipinski definition) is 4. The van der Waals surface area contributed by atoms with Crippen LogP contribution < -0.4 is 9.47 Å². The molecule has 1 fully saturated rings. The van der Waals surface area contributed by atoms with E-state index in [1.165, 1.54) is 0 Å². The maximum absolute atomic E-state index is 13.8. The van der Waals surface area contributed by atoms with Crippen molar-refractivity contribution in [2.24, 2.45) is 0 Å². The van der Waals surface area contributed by atoms with E-state index in [4.69, 9.17) is 9.47 Å². The second-order valence-electron chi connectivity index (χ2n) is 8.50. The van der Waals surface area contributed by atoms with E-state index in [1.54, 1.807) is 6.07 Å². The summed E-state index contributed by atoms with van der Waals surface area (Å²) in [5.74, 6) is 1.73. The molecule has 0 radical (unpaired) electrons. The van der Waals surface area contributed by atoms with Crippen molar-refractivity contribution in [1.82, 2.24) is 4.90 Å². The van der Waals surface area contributed by atoms with Crippen LogP contribution in [-0.2, 0) is 4.79 Å². The summed E-state index contributed by atoms with van der Waals surface area (Å²) in [6, 6.07) is 22.8. The predicted octanol–water partition coefficient (Wildman–Crippen LogP) is 4.56. The average molecular weight is 411 g/mol. The molecule has 0 saturated carbocycles. The summed E-state index contributed by atoms with van der Waals surface area (Å²) < 4.78 is 12.4. The van der Waals surface area contributed by atoms with E-state index in [0.29, 0.717) is 48.7 Å². The lowest BCUT2D eigenvalue weighted by Gasteiger charge is -2.35. The Bertz CT molecular complexity index is 1170. The number of carbonyl (C=O) groups is 2. The molecular weight excluding hydrogens is 390 g/mol. The van der Waals surface area contributed by atoms with E-state index in [9.17, 15) is 9.59 Å². The molecule has 5 heteroatoms. The van der Waals surface area contributed by atoms with Gasteiger partial charge in [-0.15, -0.1) is 0 Å². The normalized spacial score (nSPS) is 21.7. The number of para-hydroxylation sites is 3. The molecule has 6 rings (SSSR count). The van der Waals surface area contributed by atoms with Gasteiger partial charge in [0.1, 0.15) is 22.8 Å². The van der Waals surface area contributed by atoms with E-state index < -0.39 is 11.5 Å². The molecule has 1 atom stereocenters. The van der Waals surface area contributed by atoms with Crippen LogP contribution in [0.3, 0.4) is 0 Å². The van der Waals surface area contributed by atoms with Gasteiger partial charge in [0.2, 0.25) is 5.91 Å². The number of likely N-dealkylation sites (tertiary alicyclic amines) is 1. The zero-order valence-corrected chi connectivity index (χ0v) is 16.9. The van der Waals surface area contributed by atoms with E-state index >= 15 is 0 Å². The Kier molecular flexibility index (Phi) is 3.93. The molecule has 0 aromatic heterocycles. The first kappa shape index (κ1) is 18.2. The van der Waals surface area contributed by atoms with Gasteiger partial charge in [-0.1, -0.05) is 48.5 Å². The van der Waals surface area contributed by atoms with Crippen molar-refractivity contribution in [2.45, 2.75) is 24.4 Å². The Hall–Kier alpha value is -3.60. The fourth-order valence-electron chi connectivity index (χ4n) is 5.06. The van der Waals surface area contributed by atoms with Crippen molar-refractivity contribution in [3.63, 3.8) is 0 Å². The van der Waals surface area contributed by atoms with Crippen LogP contribution in [0, 0.1) is 0 Å². The monoisotopic (exact) mass is 411 g/mol. The van der Waals surface area contributed by atoms with Crippen LogP contribution in [0.2, 0.25) is 0 Å². The fraction of sp³-hybridized carbons (Fsp3) is 0.231. The average Bonchev–Trinajstić information content (AvgIpc) is 3.19. The molecule has 3 aromatic carbocycles. The fourth-order valence-corrected chi connectivity index (χ4v) is 5.06. The SMILES string of the molecule is O=C1CC2(CCN(C(=O)C3c4ccccc4Oc4ccccc43)C2)Oc2ccccc21. The number of rotatable bonds is 1. The summed E-state index contributed by atoms with van der Waals surface area (Å²) in [6.07, 6.45) is 0.945. The van der Waals surface area contributed by atoms with Gasteiger partial charge in [-0.25, -0.2) is 0 Å². The molecule has 0 bridgehead atoms. The maximum atomic E-state index is 13.8. The first-order chi connectivity index (χ1) is 15.1. The van der Waals surface area contributed by atoms with Gasteiger partial charge in [-0.3, -0.25) is 9.59 Å². The Morgan fingerprint density at radius 1 is 0.871 bits per heavy atom. The van der Waals surface area contributed by atoms with Gasteiger partial charge in [0, 0.05) is 24.1 Å². The lowest BCUT2D eigenvalue weighted by atomic mass is 9.86. The summed E-state index contributed by atoms with van der Waals surface area (Å²) in [5, 5.41) is 0. The molecule has 1 amide bonds. The van der Waals surface area contributed by atoms with Crippen molar-refractivity contribution in [2.75, 3.05) is 13.1 Å². The lowest BCUT2D eigenvalue weighted by Crippen LogP contribution is -2.46. The van der Waals surface area contributed by atoms with E-state index in [0.717, 1.165) is 11.1 Å². The van der Waals surface area contributed by atoms with Gasteiger partial charge >= 0.3 is 0 Å². The number of carbonyl (C=O) groups excluding carboxylic acids is 2. The zero-order chi connectivity index (χ0) is 21.0. The second-order valence-corrected chi connectivity index (χ2v) is 8.50. The van der Waals surface area contributed by atoms with Gasteiger partial charge in [-0.2, -0.15) is 0 Å². The number of Topliss-reactive ketones (excluding diaryl/α,β-unsaturated/α-hetero) is 1. The molecule has 3 heterocycles. The molecule has 0 aliphatic carbocycles. The third-order valence-electron chi connectivity index (χ3n) is 6.55. The standard InChI is InChI=1S/C26H21NO4/c28-20-15-26(31-23-12-6-1-7-17(20)23)13-14-27(16-26)25(29)24-18-8-2-4-10-21(18)30-22-11-5-3-9-19(22)24/h1-12,24H,13-16H2. The van der Waals surface area contributed by atoms with E-state index in [1.807, 2.05) is 71.6 Å². The van der Waals surface area contributed by atoms with Crippen LogP contribution in [0.4, 0.5) is 0 Å². The van der Waals surface area contributed by atoms with E-state index in [2.05, 4.69) is 0 Å². The predicted molar refractivity (Wildman–Crippen MR) is 115 cm³/mol. The smallest absolute Gasteiger partial charge is 0.235 e. The molecule has 3 aliphatic rings. The van der Waals surface area contributed by atoms with Gasteiger partial charge in [-0.05, 0) is 24.3 Å². The molecular formula is C26H21NO4. The molecule has 154 valence electrons. The molecule has 0 N–H and O–H groups in total.